The monoisotopic (exact) mass is 280 g/mol. The van der Waals surface area contributed by atoms with Crippen LogP contribution in [-0.2, 0) is 6.54 Å². The number of nitrogens with zero attached hydrogens (tertiary/aromatic N) is 3. The smallest absolute Gasteiger partial charge is 0.123 e. The summed E-state index contributed by atoms with van der Waals surface area (Å²) in [4.78, 5) is 0. The van der Waals surface area contributed by atoms with Crippen LogP contribution in [0.3, 0.4) is 0 Å². The van der Waals surface area contributed by atoms with Gasteiger partial charge in [-0.05, 0) is 35.9 Å². The predicted molar refractivity (Wildman–Crippen MR) is 81.7 cm³/mol. The van der Waals surface area contributed by atoms with Crippen molar-refractivity contribution in [2.75, 3.05) is 12.4 Å². The van der Waals surface area contributed by atoms with Gasteiger partial charge in [-0.25, -0.2) is 0 Å². The molecule has 0 aliphatic heterocycles. The van der Waals surface area contributed by atoms with Gasteiger partial charge in [-0.3, -0.25) is 4.57 Å². The topological polar surface area (TPSA) is 52.0 Å². The van der Waals surface area contributed by atoms with Gasteiger partial charge >= 0.3 is 0 Å². The Morgan fingerprint density at radius 3 is 2.52 bits per heavy atom. The highest BCUT2D eigenvalue weighted by Crippen LogP contribution is 2.16. The Hall–Kier alpha value is -2.82. The summed E-state index contributed by atoms with van der Waals surface area (Å²) in [5.74, 6) is 0.869. The van der Waals surface area contributed by atoms with Crippen molar-refractivity contribution in [2.24, 2.45) is 0 Å². The summed E-state index contributed by atoms with van der Waals surface area (Å²) in [7, 11) is 1.67. The average molecular weight is 280 g/mol. The zero-order valence-electron chi connectivity index (χ0n) is 11.7. The van der Waals surface area contributed by atoms with Gasteiger partial charge in [0.15, 0.2) is 0 Å². The van der Waals surface area contributed by atoms with Crippen LogP contribution in [0.5, 0.6) is 5.75 Å². The molecular weight excluding hydrogens is 264 g/mol. The molecule has 0 fully saturated rings. The van der Waals surface area contributed by atoms with Crippen molar-refractivity contribution >= 4 is 5.69 Å². The van der Waals surface area contributed by atoms with E-state index in [1.807, 2.05) is 34.9 Å². The summed E-state index contributed by atoms with van der Waals surface area (Å²) < 4.78 is 7.03. The maximum absolute atomic E-state index is 5.15. The van der Waals surface area contributed by atoms with Crippen molar-refractivity contribution in [3.8, 4) is 11.4 Å². The molecule has 21 heavy (non-hydrogen) atoms. The van der Waals surface area contributed by atoms with Crippen molar-refractivity contribution in [2.45, 2.75) is 6.54 Å². The van der Waals surface area contributed by atoms with E-state index in [2.05, 4.69) is 33.7 Å². The molecule has 2 aromatic carbocycles. The lowest BCUT2D eigenvalue weighted by Crippen LogP contribution is -2.00. The van der Waals surface area contributed by atoms with Gasteiger partial charge in [-0.15, -0.1) is 10.2 Å². The highest BCUT2D eigenvalue weighted by atomic mass is 16.5. The SMILES string of the molecule is COc1ccc(CNc2cccc(-n3cnnc3)c2)cc1. The molecule has 0 aliphatic rings. The minimum Gasteiger partial charge on any atom is -0.497 e. The molecule has 0 saturated carbocycles. The van der Waals surface area contributed by atoms with Crippen LogP contribution in [-0.4, -0.2) is 21.9 Å². The van der Waals surface area contributed by atoms with Gasteiger partial charge in [0.25, 0.3) is 0 Å². The molecule has 0 radical (unpaired) electrons. The van der Waals surface area contributed by atoms with E-state index in [0.717, 1.165) is 23.7 Å². The third kappa shape index (κ3) is 3.20. The van der Waals surface area contributed by atoms with E-state index >= 15 is 0 Å². The van der Waals surface area contributed by atoms with Crippen LogP contribution in [0.2, 0.25) is 0 Å². The number of ether oxygens (including phenoxy) is 1. The molecule has 1 N–H and O–H groups in total. The normalized spacial score (nSPS) is 10.3. The van der Waals surface area contributed by atoms with E-state index < -0.39 is 0 Å². The fourth-order valence-corrected chi connectivity index (χ4v) is 2.06. The molecule has 3 rings (SSSR count). The summed E-state index contributed by atoms with van der Waals surface area (Å²) in [5.41, 5.74) is 3.28. The minimum absolute atomic E-state index is 0.760. The first-order valence-corrected chi connectivity index (χ1v) is 6.67. The molecule has 0 spiro atoms. The van der Waals surface area contributed by atoms with Crippen LogP contribution in [0.1, 0.15) is 5.56 Å². The average Bonchev–Trinajstić information content (AvgIpc) is 3.08. The minimum atomic E-state index is 0.760. The summed E-state index contributed by atoms with van der Waals surface area (Å²) in [6.07, 6.45) is 3.37. The second kappa shape index (κ2) is 6.09. The van der Waals surface area contributed by atoms with Gasteiger partial charge in [0.2, 0.25) is 0 Å². The second-order valence-electron chi connectivity index (χ2n) is 4.62. The van der Waals surface area contributed by atoms with Crippen LogP contribution in [0.4, 0.5) is 5.69 Å². The van der Waals surface area contributed by atoms with Crippen LogP contribution >= 0.6 is 0 Å². The lowest BCUT2D eigenvalue weighted by molar-refractivity contribution is 0.414. The number of anilines is 1. The largest absolute Gasteiger partial charge is 0.497 e. The van der Waals surface area contributed by atoms with E-state index in [1.165, 1.54) is 5.56 Å². The second-order valence-corrected chi connectivity index (χ2v) is 4.62. The molecule has 0 unspecified atom stereocenters. The van der Waals surface area contributed by atoms with Gasteiger partial charge in [-0.1, -0.05) is 18.2 Å². The zero-order valence-corrected chi connectivity index (χ0v) is 11.7. The fraction of sp³-hybridized carbons (Fsp3) is 0.125. The Morgan fingerprint density at radius 2 is 1.81 bits per heavy atom. The Kier molecular flexibility index (Phi) is 3.82. The first-order chi connectivity index (χ1) is 10.3. The van der Waals surface area contributed by atoms with E-state index in [0.29, 0.717) is 0 Å². The predicted octanol–water partition coefficient (Wildman–Crippen LogP) is 2.89. The lowest BCUT2D eigenvalue weighted by atomic mass is 10.2. The van der Waals surface area contributed by atoms with Crippen molar-refractivity contribution in [3.05, 3.63) is 66.7 Å². The first-order valence-electron chi connectivity index (χ1n) is 6.67. The third-order valence-electron chi connectivity index (χ3n) is 3.22. The first kappa shape index (κ1) is 13.2. The van der Waals surface area contributed by atoms with Crippen molar-refractivity contribution in [1.82, 2.24) is 14.8 Å². The van der Waals surface area contributed by atoms with Crippen molar-refractivity contribution < 1.29 is 4.74 Å². The number of benzene rings is 2. The molecule has 5 nitrogen and oxygen atoms in total. The lowest BCUT2D eigenvalue weighted by Gasteiger charge is -2.09. The number of methoxy groups -OCH3 is 1. The number of hydrogen-bond donors (Lipinski definition) is 1. The highest BCUT2D eigenvalue weighted by Gasteiger charge is 1.99. The van der Waals surface area contributed by atoms with Crippen LogP contribution in [0.15, 0.2) is 61.2 Å². The molecule has 0 amide bonds. The Morgan fingerprint density at radius 1 is 1.05 bits per heavy atom. The number of aromatic nitrogens is 3. The summed E-state index contributed by atoms with van der Waals surface area (Å²) in [6.45, 7) is 0.760. The van der Waals surface area contributed by atoms with Crippen molar-refractivity contribution in [3.63, 3.8) is 0 Å². The molecular formula is C16H16N4O. The standard InChI is InChI=1S/C16H16N4O/c1-21-16-7-5-13(6-8-16)10-17-14-3-2-4-15(9-14)20-11-18-19-12-20/h2-9,11-12,17H,10H2,1H3. The third-order valence-corrected chi connectivity index (χ3v) is 3.22. The molecule has 5 heteroatoms. The highest BCUT2D eigenvalue weighted by molar-refractivity contribution is 5.51. The number of nitrogens with one attached hydrogen (secondary N) is 1. The molecule has 1 aromatic heterocycles. The maximum atomic E-state index is 5.15. The molecule has 1 heterocycles. The van der Waals surface area contributed by atoms with Crippen LogP contribution < -0.4 is 10.1 Å². The van der Waals surface area contributed by atoms with Gasteiger partial charge in [0.1, 0.15) is 18.4 Å². The maximum Gasteiger partial charge on any atom is 0.123 e. The quantitative estimate of drug-likeness (QED) is 0.780. The molecule has 0 aliphatic carbocycles. The molecule has 0 bridgehead atoms. The van der Waals surface area contributed by atoms with Crippen LogP contribution in [0.25, 0.3) is 5.69 Å². The Labute approximate surface area is 123 Å². The van der Waals surface area contributed by atoms with Gasteiger partial charge in [0, 0.05) is 12.2 Å². The number of rotatable bonds is 5. The van der Waals surface area contributed by atoms with Gasteiger partial charge in [-0.2, -0.15) is 0 Å². The summed E-state index contributed by atoms with van der Waals surface area (Å²) in [5, 5.41) is 11.0. The summed E-state index contributed by atoms with van der Waals surface area (Å²) in [6, 6.07) is 16.2. The van der Waals surface area contributed by atoms with Crippen LogP contribution in [0, 0.1) is 0 Å². The molecule has 106 valence electrons. The fourth-order valence-electron chi connectivity index (χ4n) is 2.06. The number of hydrogen-bond acceptors (Lipinski definition) is 4. The van der Waals surface area contributed by atoms with Gasteiger partial charge < -0.3 is 10.1 Å². The van der Waals surface area contributed by atoms with E-state index in [-0.39, 0.29) is 0 Å². The molecule has 0 saturated heterocycles. The molecule has 0 atom stereocenters. The zero-order chi connectivity index (χ0) is 14.5. The Bertz CT molecular complexity index is 693. The van der Waals surface area contributed by atoms with E-state index in [4.69, 9.17) is 4.74 Å². The van der Waals surface area contributed by atoms with E-state index in [9.17, 15) is 0 Å². The van der Waals surface area contributed by atoms with Gasteiger partial charge in [0.05, 0.1) is 12.8 Å². The summed E-state index contributed by atoms with van der Waals surface area (Å²) >= 11 is 0. The van der Waals surface area contributed by atoms with E-state index in [1.54, 1.807) is 19.8 Å². The molecule has 3 aromatic rings. The Balaban J connectivity index is 1.68. The van der Waals surface area contributed by atoms with Crippen molar-refractivity contribution in [1.29, 1.82) is 0 Å².